The molecule has 0 saturated heterocycles. The highest BCUT2D eigenvalue weighted by atomic mass is 32.2. The molecular formula is C26H33N5O2S. The van der Waals surface area contributed by atoms with E-state index in [0.29, 0.717) is 23.1 Å². The zero-order valence-corrected chi connectivity index (χ0v) is 21.5. The lowest BCUT2D eigenvalue weighted by molar-refractivity contribution is -0.113. The van der Waals surface area contributed by atoms with Crippen LogP contribution in [0.25, 0.3) is 0 Å². The van der Waals surface area contributed by atoms with Crippen molar-refractivity contribution in [3.05, 3.63) is 70.5 Å². The zero-order chi connectivity index (χ0) is 24.8. The molecule has 0 bridgehead atoms. The number of nitrogens with one attached hydrogen (secondary N) is 2. The van der Waals surface area contributed by atoms with Gasteiger partial charge in [-0.25, -0.2) is 0 Å². The molecule has 3 rings (SSSR count). The average Bonchev–Trinajstić information content (AvgIpc) is 3.20. The van der Waals surface area contributed by atoms with Crippen LogP contribution < -0.4 is 10.6 Å². The number of hydrogen-bond acceptors (Lipinski definition) is 5. The molecule has 1 aromatic heterocycles. The van der Waals surface area contributed by atoms with Crippen molar-refractivity contribution in [2.45, 2.75) is 59.3 Å². The fraction of sp³-hybridized carbons (Fsp3) is 0.385. The lowest BCUT2D eigenvalue weighted by Gasteiger charge is -2.22. The van der Waals surface area contributed by atoms with E-state index in [0.717, 1.165) is 22.4 Å². The fourth-order valence-electron chi connectivity index (χ4n) is 3.74. The van der Waals surface area contributed by atoms with Crippen molar-refractivity contribution in [2.75, 3.05) is 11.1 Å². The number of aryl methyl sites for hydroxylation is 3. The van der Waals surface area contributed by atoms with Gasteiger partial charge in [-0.2, -0.15) is 0 Å². The normalized spacial score (nSPS) is 12.0. The van der Waals surface area contributed by atoms with Crippen LogP contribution >= 0.6 is 11.8 Å². The molecule has 3 aromatic rings. The number of nitrogens with zero attached hydrogens (tertiary/aromatic N) is 3. The first-order valence-corrected chi connectivity index (χ1v) is 12.5. The minimum absolute atomic E-state index is 0.0997. The molecule has 2 amide bonds. The molecule has 0 spiro atoms. The summed E-state index contributed by atoms with van der Waals surface area (Å²) < 4.78 is 1.97. The minimum Gasteiger partial charge on any atom is -0.342 e. The van der Waals surface area contributed by atoms with Crippen LogP contribution in [0, 0.1) is 26.7 Å². The molecular weight excluding hydrogens is 446 g/mol. The topological polar surface area (TPSA) is 88.9 Å². The number of rotatable bonds is 9. The van der Waals surface area contributed by atoms with Gasteiger partial charge in [0.05, 0.1) is 11.8 Å². The summed E-state index contributed by atoms with van der Waals surface area (Å²) in [6.07, 6.45) is 0. The fourth-order valence-corrected chi connectivity index (χ4v) is 4.55. The monoisotopic (exact) mass is 479 g/mol. The largest absolute Gasteiger partial charge is 0.342 e. The van der Waals surface area contributed by atoms with Gasteiger partial charge in [0, 0.05) is 17.8 Å². The molecule has 2 aromatic carbocycles. The van der Waals surface area contributed by atoms with Crippen molar-refractivity contribution in [1.29, 1.82) is 0 Å². The van der Waals surface area contributed by atoms with Crippen LogP contribution in [-0.2, 0) is 11.3 Å². The van der Waals surface area contributed by atoms with Crippen molar-refractivity contribution in [2.24, 2.45) is 5.92 Å². The van der Waals surface area contributed by atoms with E-state index in [1.165, 1.54) is 11.8 Å². The van der Waals surface area contributed by atoms with Crippen LogP contribution in [-0.4, -0.2) is 32.3 Å². The number of aromatic nitrogens is 3. The van der Waals surface area contributed by atoms with Gasteiger partial charge in [0.15, 0.2) is 11.0 Å². The second-order valence-corrected chi connectivity index (χ2v) is 9.75. The maximum atomic E-state index is 12.9. The Labute approximate surface area is 205 Å². The minimum atomic E-state index is -0.307. The molecule has 0 aliphatic rings. The Morgan fingerprint density at radius 1 is 1.03 bits per heavy atom. The Bertz CT molecular complexity index is 1170. The molecule has 1 atom stereocenters. The predicted molar refractivity (Wildman–Crippen MR) is 137 cm³/mol. The van der Waals surface area contributed by atoms with E-state index in [9.17, 15) is 9.59 Å². The third-order valence-electron chi connectivity index (χ3n) is 5.56. The number of thioether (sulfide) groups is 1. The third kappa shape index (κ3) is 6.26. The summed E-state index contributed by atoms with van der Waals surface area (Å²) >= 11 is 1.34. The Morgan fingerprint density at radius 3 is 2.41 bits per heavy atom. The summed E-state index contributed by atoms with van der Waals surface area (Å²) in [6.45, 7) is 12.7. The van der Waals surface area contributed by atoms with Gasteiger partial charge in [-0.3, -0.25) is 9.59 Å². The van der Waals surface area contributed by atoms with Crippen molar-refractivity contribution in [3.8, 4) is 0 Å². The van der Waals surface area contributed by atoms with E-state index in [-0.39, 0.29) is 29.5 Å². The van der Waals surface area contributed by atoms with E-state index >= 15 is 0 Å². The first kappa shape index (κ1) is 25.5. The van der Waals surface area contributed by atoms with Crippen molar-refractivity contribution in [3.63, 3.8) is 0 Å². The molecule has 0 unspecified atom stereocenters. The Morgan fingerprint density at radius 2 is 1.76 bits per heavy atom. The third-order valence-corrected chi connectivity index (χ3v) is 6.53. The quantitative estimate of drug-likeness (QED) is 0.418. The summed E-state index contributed by atoms with van der Waals surface area (Å²) in [5, 5.41) is 15.5. The van der Waals surface area contributed by atoms with Gasteiger partial charge in [-0.15, -0.1) is 10.2 Å². The number of anilines is 1. The smallest absolute Gasteiger partial charge is 0.251 e. The molecule has 0 fully saturated rings. The average molecular weight is 480 g/mol. The first-order valence-electron chi connectivity index (χ1n) is 11.5. The standard InChI is InChI=1S/C26H33N5O2S/c1-7-31-24(23(16(2)3)28-25(33)20-10-8-9-17(4)14-20)29-30-26(31)34-15-22(32)27-21-12-11-18(5)13-19(21)6/h8-14,16,23H,7,15H2,1-6H3,(H,27,32)(H,28,33)/t23-/m1/s1. The maximum absolute atomic E-state index is 12.9. The Kier molecular flexibility index (Phi) is 8.50. The van der Waals surface area contributed by atoms with Crippen molar-refractivity contribution < 1.29 is 9.59 Å². The van der Waals surface area contributed by atoms with Crippen LogP contribution in [0.15, 0.2) is 47.6 Å². The summed E-state index contributed by atoms with van der Waals surface area (Å²) in [5.41, 5.74) is 4.64. The van der Waals surface area contributed by atoms with Gasteiger partial charge < -0.3 is 15.2 Å². The summed E-state index contributed by atoms with van der Waals surface area (Å²) in [6, 6.07) is 13.1. The predicted octanol–water partition coefficient (Wildman–Crippen LogP) is 5.08. The number of carbonyl (C=O) groups is 2. The van der Waals surface area contributed by atoms with E-state index in [1.54, 1.807) is 6.07 Å². The lowest BCUT2D eigenvalue weighted by Crippen LogP contribution is -2.33. The van der Waals surface area contributed by atoms with Gasteiger partial charge in [0.1, 0.15) is 0 Å². The maximum Gasteiger partial charge on any atom is 0.251 e. The number of amides is 2. The molecule has 0 saturated carbocycles. The zero-order valence-electron chi connectivity index (χ0n) is 20.7. The molecule has 0 aliphatic heterocycles. The second kappa shape index (κ2) is 11.3. The van der Waals surface area contributed by atoms with Crippen LogP contribution in [0.1, 0.15) is 59.7 Å². The SMILES string of the molecule is CCn1c(SCC(=O)Nc2ccc(C)cc2C)nnc1[C@H](NC(=O)c1cccc(C)c1)C(C)C. The Hall–Kier alpha value is -3.13. The van der Waals surface area contributed by atoms with E-state index in [4.69, 9.17) is 0 Å². The van der Waals surface area contributed by atoms with Crippen LogP contribution in [0.3, 0.4) is 0 Å². The van der Waals surface area contributed by atoms with Crippen molar-refractivity contribution in [1.82, 2.24) is 20.1 Å². The van der Waals surface area contributed by atoms with Gasteiger partial charge in [0.2, 0.25) is 5.91 Å². The van der Waals surface area contributed by atoms with Crippen molar-refractivity contribution >= 4 is 29.3 Å². The molecule has 1 heterocycles. The highest BCUT2D eigenvalue weighted by molar-refractivity contribution is 7.99. The number of hydrogen-bond donors (Lipinski definition) is 2. The van der Waals surface area contributed by atoms with Gasteiger partial charge in [-0.1, -0.05) is 61.0 Å². The van der Waals surface area contributed by atoms with E-state index in [2.05, 4.69) is 20.8 Å². The van der Waals surface area contributed by atoms with Crippen LogP contribution in [0.5, 0.6) is 0 Å². The molecule has 0 aliphatic carbocycles. The number of benzene rings is 2. The molecule has 7 nitrogen and oxygen atoms in total. The van der Waals surface area contributed by atoms with Gasteiger partial charge >= 0.3 is 0 Å². The number of carbonyl (C=O) groups excluding carboxylic acids is 2. The molecule has 0 radical (unpaired) electrons. The summed E-state index contributed by atoms with van der Waals surface area (Å²) in [7, 11) is 0. The van der Waals surface area contributed by atoms with E-state index < -0.39 is 0 Å². The highest BCUT2D eigenvalue weighted by Crippen LogP contribution is 2.26. The molecule has 34 heavy (non-hydrogen) atoms. The van der Waals surface area contributed by atoms with Gasteiger partial charge in [0.25, 0.3) is 5.91 Å². The highest BCUT2D eigenvalue weighted by Gasteiger charge is 2.26. The van der Waals surface area contributed by atoms with Gasteiger partial charge in [-0.05, 0) is 57.4 Å². The van der Waals surface area contributed by atoms with Crippen LogP contribution in [0.4, 0.5) is 5.69 Å². The molecule has 180 valence electrons. The molecule has 8 heteroatoms. The Balaban J connectivity index is 1.72. The summed E-state index contributed by atoms with van der Waals surface area (Å²) in [4.78, 5) is 25.5. The van der Waals surface area contributed by atoms with Crippen LogP contribution in [0.2, 0.25) is 0 Å². The second-order valence-electron chi connectivity index (χ2n) is 8.80. The lowest BCUT2D eigenvalue weighted by atomic mass is 10.0. The summed E-state index contributed by atoms with van der Waals surface area (Å²) in [5.74, 6) is 0.769. The molecule has 2 N–H and O–H groups in total. The first-order chi connectivity index (χ1) is 16.2. The van der Waals surface area contributed by atoms with E-state index in [1.807, 2.05) is 82.5 Å².